The number of aromatic nitrogens is 1. The molecule has 1 fully saturated rings. The third kappa shape index (κ3) is 3.17. The van der Waals surface area contributed by atoms with E-state index in [4.69, 9.17) is 0 Å². The van der Waals surface area contributed by atoms with Crippen LogP contribution in [0.5, 0.6) is 0 Å². The van der Waals surface area contributed by atoms with Crippen LogP contribution < -0.4 is 0 Å². The minimum Gasteiger partial charge on any atom is -0.391 e. The van der Waals surface area contributed by atoms with Crippen LogP contribution in [-0.2, 0) is 6.54 Å². The van der Waals surface area contributed by atoms with Gasteiger partial charge < -0.3 is 14.6 Å². The molecule has 1 heterocycles. The number of aliphatic hydroxyl groups excluding tert-OH is 1. The van der Waals surface area contributed by atoms with Gasteiger partial charge >= 0.3 is 0 Å². The zero-order valence-corrected chi connectivity index (χ0v) is 11.5. The van der Waals surface area contributed by atoms with Gasteiger partial charge in [0.05, 0.1) is 18.7 Å². The molecule has 1 aliphatic carbocycles. The second-order valence-electron chi connectivity index (χ2n) is 5.27. The maximum atomic E-state index is 12.5. The predicted molar refractivity (Wildman–Crippen MR) is 70.8 cm³/mol. The Kier molecular flexibility index (Phi) is 4.75. The molecule has 0 radical (unpaired) electrons. The molecule has 2 rings (SSSR count). The van der Waals surface area contributed by atoms with E-state index in [2.05, 4.69) is 0 Å². The zero-order valence-electron chi connectivity index (χ0n) is 11.5. The fraction of sp³-hybridized carbons (Fsp3) is 0.643. The molecule has 1 aromatic rings. The Morgan fingerprint density at radius 3 is 2.85 bits per heavy atom. The summed E-state index contributed by atoms with van der Waals surface area (Å²) in [5.74, 6) is -0.318. The second kappa shape index (κ2) is 6.35. The van der Waals surface area contributed by atoms with Gasteiger partial charge in [0.2, 0.25) is 0 Å². The lowest BCUT2D eigenvalue weighted by molar-refractivity contribution is 0.0258. The first-order chi connectivity index (χ1) is 9.50. The van der Waals surface area contributed by atoms with Gasteiger partial charge in [-0.2, -0.15) is 0 Å². The lowest BCUT2D eigenvalue weighted by Gasteiger charge is -2.35. The molecule has 1 amide bonds. The number of carbonyl (C=O) groups excluding carboxylic acids is 1. The normalized spacial score (nSPS) is 23.1. The fourth-order valence-corrected chi connectivity index (χ4v) is 2.79. The van der Waals surface area contributed by atoms with Gasteiger partial charge in [0.15, 0.2) is 0 Å². The first-order valence-electron chi connectivity index (χ1n) is 6.89. The molecule has 2 atom stereocenters. The average molecular weight is 286 g/mol. The Morgan fingerprint density at radius 2 is 2.20 bits per heavy atom. The lowest BCUT2D eigenvalue weighted by atomic mass is 9.91. The number of rotatable bonds is 4. The maximum Gasteiger partial charge on any atom is 0.270 e. The average Bonchev–Trinajstić information content (AvgIpc) is 2.85. The number of halogens is 2. The van der Waals surface area contributed by atoms with Crippen LogP contribution >= 0.6 is 0 Å². The Morgan fingerprint density at radius 1 is 1.50 bits per heavy atom. The van der Waals surface area contributed by atoms with E-state index in [1.807, 2.05) is 0 Å². The summed E-state index contributed by atoms with van der Waals surface area (Å²) in [5.41, 5.74) is 0.241. The van der Waals surface area contributed by atoms with E-state index in [0.29, 0.717) is 6.42 Å². The molecule has 0 aromatic carbocycles. The number of nitrogens with zero attached hydrogens (tertiary/aromatic N) is 2. The topological polar surface area (TPSA) is 45.5 Å². The lowest BCUT2D eigenvalue weighted by Crippen LogP contribution is -2.46. The van der Waals surface area contributed by atoms with Gasteiger partial charge in [-0.05, 0) is 25.0 Å². The summed E-state index contributed by atoms with van der Waals surface area (Å²) >= 11 is 0. The third-order valence-electron chi connectivity index (χ3n) is 3.90. The summed E-state index contributed by atoms with van der Waals surface area (Å²) in [4.78, 5) is 13.9. The molecule has 1 aliphatic rings. The second-order valence-corrected chi connectivity index (χ2v) is 5.27. The van der Waals surface area contributed by atoms with Gasteiger partial charge in [0, 0.05) is 13.2 Å². The van der Waals surface area contributed by atoms with Crippen LogP contribution in [0.2, 0.25) is 0 Å². The SMILES string of the molecule is CN(C(=O)c1cccn1CC(F)F)C1CCCCC1O. The zero-order chi connectivity index (χ0) is 14.7. The van der Waals surface area contributed by atoms with Crippen LogP contribution in [0.4, 0.5) is 8.78 Å². The molecule has 112 valence electrons. The number of aliphatic hydroxyl groups is 1. The van der Waals surface area contributed by atoms with Crippen molar-refractivity contribution >= 4 is 5.91 Å². The summed E-state index contributed by atoms with van der Waals surface area (Å²) in [7, 11) is 1.63. The maximum absolute atomic E-state index is 12.5. The van der Waals surface area contributed by atoms with Crippen molar-refractivity contribution in [2.24, 2.45) is 0 Å². The molecule has 6 heteroatoms. The quantitative estimate of drug-likeness (QED) is 0.921. The van der Waals surface area contributed by atoms with E-state index in [-0.39, 0.29) is 17.6 Å². The molecule has 4 nitrogen and oxygen atoms in total. The number of amides is 1. The van der Waals surface area contributed by atoms with Crippen LogP contribution in [0, 0.1) is 0 Å². The van der Waals surface area contributed by atoms with Gasteiger partial charge in [-0.25, -0.2) is 8.78 Å². The van der Waals surface area contributed by atoms with Gasteiger partial charge in [-0.3, -0.25) is 4.79 Å². The summed E-state index contributed by atoms with van der Waals surface area (Å²) in [5, 5.41) is 9.98. The van der Waals surface area contributed by atoms with Gasteiger partial charge in [-0.15, -0.1) is 0 Å². The number of alkyl halides is 2. The first-order valence-corrected chi connectivity index (χ1v) is 6.89. The molecule has 2 unspecified atom stereocenters. The van der Waals surface area contributed by atoms with Crippen LogP contribution in [-0.4, -0.2) is 46.1 Å². The molecule has 1 N–H and O–H groups in total. The molecule has 1 saturated carbocycles. The summed E-state index contributed by atoms with van der Waals surface area (Å²) in [6.45, 7) is -0.491. The Bertz CT molecular complexity index is 462. The number of carbonyl (C=O) groups is 1. The van der Waals surface area contributed by atoms with E-state index >= 15 is 0 Å². The Hall–Kier alpha value is -1.43. The molecule has 0 spiro atoms. The van der Waals surface area contributed by atoms with Gasteiger partial charge in [0.1, 0.15) is 5.69 Å². The molecule has 1 aromatic heterocycles. The standard InChI is InChI=1S/C14H20F2N2O2/c1-17(10-5-2-3-7-12(10)19)14(20)11-6-4-8-18(11)9-13(15)16/h4,6,8,10,12-13,19H,2-3,5,7,9H2,1H3. The van der Waals surface area contributed by atoms with Crippen LogP contribution in [0.25, 0.3) is 0 Å². The van der Waals surface area contributed by atoms with E-state index < -0.39 is 19.1 Å². The third-order valence-corrected chi connectivity index (χ3v) is 3.90. The van der Waals surface area contributed by atoms with E-state index in [1.54, 1.807) is 13.1 Å². The van der Waals surface area contributed by atoms with Crippen molar-refractivity contribution in [1.29, 1.82) is 0 Å². The van der Waals surface area contributed by atoms with Crippen molar-refractivity contribution in [3.05, 3.63) is 24.0 Å². The van der Waals surface area contributed by atoms with Crippen LogP contribution in [0.1, 0.15) is 36.2 Å². The predicted octanol–water partition coefficient (Wildman–Crippen LogP) is 2.13. The van der Waals surface area contributed by atoms with Crippen LogP contribution in [0.15, 0.2) is 18.3 Å². The van der Waals surface area contributed by atoms with E-state index in [0.717, 1.165) is 19.3 Å². The highest BCUT2D eigenvalue weighted by Crippen LogP contribution is 2.23. The fourth-order valence-electron chi connectivity index (χ4n) is 2.79. The number of likely N-dealkylation sites (N-methyl/N-ethyl adjacent to an activating group) is 1. The molecule has 0 aliphatic heterocycles. The van der Waals surface area contributed by atoms with Gasteiger partial charge in [0.25, 0.3) is 12.3 Å². The molecular formula is C14H20F2N2O2. The summed E-state index contributed by atoms with van der Waals surface area (Å²) in [6.07, 6.45) is 1.80. The highest BCUT2D eigenvalue weighted by Gasteiger charge is 2.30. The van der Waals surface area contributed by atoms with Crippen molar-refractivity contribution < 1.29 is 18.7 Å². The molecule has 0 saturated heterocycles. The minimum absolute atomic E-state index is 0.230. The smallest absolute Gasteiger partial charge is 0.270 e. The monoisotopic (exact) mass is 286 g/mol. The molecule has 0 bridgehead atoms. The summed E-state index contributed by atoms with van der Waals surface area (Å²) < 4.78 is 26.2. The Balaban J connectivity index is 2.12. The first kappa shape index (κ1) is 15.0. The van der Waals surface area contributed by atoms with Crippen molar-refractivity contribution in [3.63, 3.8) is 0 Å². The number of hydrogen-bond acceptors (Lipinski definition) is 2. The van der Waals surface area contributed by atoms with Crippen molar-refractivity contribution in [1.82, 2.24) is 9.47 Å². The highest BCUT2D eigenvalue weighted by atomic mass is 19.3. The van der Waals surface area contributed by atoms with Crippen molar-refractivity contribution in [2.75, 3.05) is 7.05 Å². The minimum atomic E-state index is -2.50. The summed E-state index contributed by atoms with van der Waals surface area (Å²) in [6, 6.07) is 2.89. The van der Waals surface area contributed by atoms with E-state index in [9.17, 15) is 18.7 Å². The van der Waals surface area contributed by atoms with Crippen LogP contribution in [0.3, 0.4) is 0 Å². The number of hydrogen-bond donors (Lipinski definition) is 1. The molecule has 20 heavy (non-hydrogen) atoms. The van der Waals surface area contributed by atoms with Crippen molar-refractivity contribution in [2.45, 2.75) is 50.8 Å². The molecular weight excluding hydrogens is 266 g/mol. The largest absolute Gasteiger partial charge is 0.391 e. The highest BCUT2D eigenvalue weighted by molar-refractivity contribution is 5.92. The van der Waals surface area contributed by atoms with Crippen molar-refractivity contribution in [3.8, 4) is 0 Å². The van der Waals surface area contributed by atoms with E-state index in [1.165, 1.54) is 21.7 Å². The van der Waals surface area contributed by atoms with Gasteiger partial charge in [-0.1, -0.05) is 12.8 Å². The Labute approximate surface area is 117 Å².